The molecule has 6 nitrogen and oxygen atoms in total. The molecular weight excluding hydrogens is 318 g/mol. The maximum absolute atomic E-state index is 12.5. The van der Waals surface area contributed by atoms with Crippen molar-refractivity contribution in [2.75, 3.05) is 7.11 Å². The lowest BCUT2D eigenvalue weighted by Gasteiger charge is -2.23. The molecule has 2 aromatic rings. The van der Waals surface area contributed by atoms with Crippen molar-refractivity contribution in [2.45, 2.75) is 44.6 Å². The molecule has 25 heavy (non-hydrogen) atoms. The van der Waals surface area contributed by atoms with Crippen LogP contribution < -0.4 is 5.32 Å². The molecule has 0 unspecified atom stereocenters. The van der Waals surface area contributed by atoms with Gasteiger partial charge in [0.1, 0.15) is 6.04 Å². The summed E-state index contributed by atoms with van der Waals surface area (Å²) in [6, 6.07) is 6.81. The molecule has 1 aromatic carbocycles. The van der Waals surface area contributed by atoms with E-state index in [-0.39, 0.29) is 18.2 Å². The van der Waals surface area contributed by atoms with Crippen LogP contribution in [0.15, 0.2) is 30.5 Å². The van der Waals surface area contributed by atoms with Crippen molar-refractivity contribution in [1.82, 2.24) is 15.3 Å². The Hall–Kier alpha value is -2.50. The molecule has 0 spiro atoms. The summed E-state index contributed by atoms with van der Waals surface area (Å²) in [4.78, 5) is 33.5. The zero-order valence-corrected chi connectivity index (χ0v) is 14.4. The van der Waals surface area contributed by atoms with E-state index in [9.17, 15) is 9.59 Å². The molecule has 1 aromatic heterocycles. The second-order valence-electron chi connectivity index (χ2n) is 6.47. The summed E-state index contributed by atoms with van der Waals surface area (Å²) in [5.74, 6) is -0.536. The minimum Gasteiger partial charge on any atom is -0.467 e. The Labute approximate surface area is 147 Å². The van der Waals surface area contributed by atoms with E-state index in [0.717, 1.165) is 36.7 Å². The van der Waals surface area contributed by atoms with Crippen LogP contribution >= 0.6 is 0 Å². The molecule has 1 saturated carbocycles. The molecule has 1 atom stereocenters. The number of hydrogen-bond donors (Lipinski definition) is 1. The zero-order valence-electron chi connectivity index (χ0n) is 14.4. The molecule has 1 amide bonds. The standard InChI is InChI=1S/C19H23N3O3/c1-25-19(24)17(22-18(23)13-7-3-2-4-8-13)11-14-12-20-15-9-5-6-10-16(15)21-14/h5-6,9-10,12-13,17H,2-4,7-8,11H2,1H3,(H,22,23)/t17-/m1/s1. The van der Waals surface area contributed by atoms with Crippen molar-refractivity contribution < 1.29 is 14.3 Å². The van der Waals surface area contributed by atoms with Crippen LogP contribution in [0, 0.1) is 5.92 Å². The highest BCUT2D eigenvalue weighted by Crippen LogP contribution is 2.24. The molecule has 0 radical (unpaired) electrons. The van der Waals surface area contributed by atoms with Gasteiger partial charge in [0.2, 0.25) is 5.91 Å². The first-order valence-electron chi connectivity index (χ1n) is 8.76. The lowest BCUT2D eigenvalue weighted by atomic mass is 9.88. The first kappa shape index (κ1) is 17.3. The monoisotopic (exact) mass is 341 g/mol. The van der Waals surface area contributed by atoms with Crippen LogP contribution in [0.5, 0.6) is 0 Å². The SMILES string of the molecule is COC(=O)[C@@H](Cc1cnc2ccccc2n1)NC(=O)C1CCCCC1. The van der Waals surface area contributed by atoms with Gasteiger partial charge >= 0.3 is 5.97 Å². The number of hydrogen-bond acceptors (Lipinski definition) is 5. The third-order valence-corrected chi connectivity index (χ3v) is 4.69. The highest BCUT2D eigenvalue weighted by Gasteiger charge is 2.27. The Bertz CT molecular complexity index is 756. The Kier molecular flexibility index (Phi) is 5.58. The van der Waals surface area contributed by atoms with E-state index in [1.165, 1.54) is 13.5 Å². The number of para-hydroxylation sites is 2. The first-order valence-corrected chi connectivity index (χ1v) is 8.76. The molecule has 0 aliphatic heterocycles. The second kappa shape index (κ2) is 8.05. The van der Waals surface area contributed by atoms with Crippen LogP contribution in [0.2, 0.25) is 0 Å². The van der Waals surface area contributed by atoms with Crippen LogP contribution in [0.3, 0.4) is 0 Å². The summed E-state index contributed by atoms with van der Waals surface area (Å²) in [6.45, 7) is 0. The van der Waals surface area contributed by atoms with E-state index in [1.807, 2.05) is 24.3 Å². The molecule has 1 heterocycles. The number of methoxy groups -OCH3 is 1. The summed E-state index contributed by atoms with van der Waals surface area (Å²) >= 11 is 0. The number of benzene rings is 1. The number of fused-ring (bicyclic) bond motifs is 1. The highest BCUT2D eigenvalue weighted by atomic mass is 16.5. The Morgan fingerprint density at radius 1 is 1.20 bits per heavy atom. The minimum atomic E-state index is -0.741. The van der Waals surface area contributed by atoms with Crippen molar-refractivity contribution >= 4 is 22.9 Å². The van der Waals surface area contributed by atoms with Crippen LogP contribution in [0.25, 0.3) is 11.0 Å². The van der Waals surface area contributed by atoms with Gasteiger partial charge in [0.25, 0.3) is 0 Å². The molecule has 1 aliphatic carbocycles. The fraction of sp³-hybridized carbons (Fsp3) is 0.474. The van der Waals surface area contributed by atoms with Gasteiger partial charge in [0.15, 0.2) is 0 Å². The molecule has 1 aliphatic rings. The largest absolute Gasteiger partial charge is 0.467 e. The Balaban J connectivity index is 1.73. The van der Waals surface area contributed by atoms with Crippen LogP contribution in [0.1, 0.15) is 37.8 Å². The molecule has 6 heteroatoms. The summed E-state index contributed by atoms with van der Waals surface area (Å²) in [6.07, 6.45) is 6.99. The van der Waals surface area contributed by atoms with E-state index >= 15 is 0 Å². The summed E-state index contributed by atoms with van der Waals surface area (Å²) in [5, 5.41) is 2.85. The van der Waals surface area contributed by atoms with E-state index in [1.54, 1.807) is 6.20 Å². The maximum Gasteiger partial charge on any atom is 0.328 e. The van der Waals surface area contributed by atoms with Gasteiger partial charge in [-0.15, -0.1) is 0 Å². The second-order valence-corrected chi connectivity index (χ2v) is 6.47. The van der Waals surface area contributed by atoms with Crippen LogP contribution in [-0.4, -0.2) is 35.0 Å². The smallest absolute Gasteiger partial charge is 0.328 e. The van der Waals surface area contributed by atoms with Gasteiger partial charge in [-0.1, -0.05) is 31.4 Å². The number of carbonyl (C=O) groups excluding carboxylic acids is 2. The van der Waals surface area contributed by atoms with Crippen molar-refractivity contribution in [2.24, 2.45) is 5.92 Å². The zero-order chi connectivity index (χ0) is 17.6. The molecule has 0 bridgehead atoms. The molecular formula is C19H23N3O3. The summed E-state index contributed by atoms with van der Waals surface area (Å²) in [5.41, 5.74) is 2.22. The number of amides is 1. The number of esters is 1. The van der Waals surface area contributed by atoms with Gasteiger partial charge in [-0.25, -0.2) is 9.78 Å². The van der Waals surface area contributed by atoms with E-state index < -0.39 is 12.0 Å². The number of ether oxygens (including phenoxy) is 1. The minimum absolute atomic E-state index is 0.0106. The van der Waals surface area contributed by atoms with Gasteiger partial charge in [-0.3, -0.25) is 9.78 Å². The highest BCUT2D eigenvalue weighted by molar-refractivity contribution is 5.86. The van der Waals surface area contributed by atoms with Gasteiger partial charge in [0, 0.05) is 18.5 Å². The molecule has 132 valence electrons. The van der Waals surface area contributed by atoms with Crippen molar-refractivity contribution in [3.05, 3.63) is 36.2 Å². The fourth-order valence-corrected chi connectivity index (χ4v) is 3.29. The van der Waals surface area contributed by atoms with Crippen molar-refractivity contribution in [1.29, 1.82) is 0 Å². The van der Waals surface area contributed by atoms with Crippen molar-refractivity contribution in [3.63, 3.8) is 0 Å². The van der Waals surface area contributed by atoms with Gasteiger partial charge in [-0.05, 0) is 25.0 Å². The van der Waals surface area contributed by atoms with Crippen molar-refractivity contribution in [3.8, 4) is 0 Å². The topological polar surface area (TPSA) is 81.2 Å². The molecule has 1 N–H and O–H groups in total. The predicted octanol–water partition coefficient (Wildman–Crippen LogP) is 2.41. The normalized spacial score (nSPS) is 16.4. The average Bonchev–Trinajstić information content (AvgIpc) is 2.67. The quantitative estimate of drug-likeness (QED) is 0.845. The Morgan fingerprint density at radius 3 is 2.64 bits per heavy atom. The average molecular weight is 341 g/mol. The summed E-state index contributed by atoms with van der Waals surface area (Å²) in [7, 11) is 1.33. The predicted molar refractivity (Wildman–Crippen MR) is 93.8 cm³/mol. The van der Waals surface area contributed by atoms with Gasteiger partial charge in [-0.2, -0.15) is 0 Å². The summed E-state index contributed by atoms with van der Waals surface area (Å²) < 4.78 is 4.86. The molecule has 1 fully saturated rings. The number of nitrogens with zero attached hydrogens (tertiary/aromatic N) is 2. The lowest BCUT2D eigenvalue weighted by molar-refractivity contribution is -0.145. The van der Waals surface area contributed by atoms with Gasteiger partial charge < -0.3 is 10.1 Å². The third kappa shape index (κ3) is 4.32. The molecule has 0 saturated heterocycles. The number of carbonyl (C=O) groups is 2. The first-order chi connectivity index (χ1) is 12.2. The van der Waals surface area contributed by atoms with Gasteiger partial charge in [0.05, 0.1) is 23.8 Å². The lowest BCUT2D eigenvalue weighted by Crippen LogP contribution is -2.46. The molecule has 3 rings (SSSR count). The van der Waals surface area contributed by atoms with E-state index in [2.05, 4.69) is 15.3 Å². The Morgan fingerprint density at radius 2 is 1.92 bits per heavy atom. The van der Waals surface area contributed by atoms with Crippen LogP contribution in [0.4, 0.5) is 0 Å². The maximum atomic E-state index is 12.5. The fourth-order valence-electron chi connectivity index (χ4n) is 3.29. The number of rotatable bonds is 5. The van der Waals surface area contributed by atoms with E-state index in [4.69, 9.17) is 4.74 Å². The van der Waals surface area contributed by atoms with Crippen LogP contribution in [-0.2, 0) is 20.7 Å². The number of nitrogens with one attached hydrogen (secondary N) is 1. The number of aromatic nitrogens is 2. The van der Waals surface area contributed by atoms with E-state index in [0.29, 0.717) is 5.69 Å². The third-order valence-electron chi connectivity index (χ3n) is 4.69.